The largest absolute Gasteiger partial charge is 0.489 e. The van der Waals surface area contributed by atoms with Crippen molar-refractivity contribution in [1.82, 2.24) is 0 Å². The number of benzene rings is 3. The third-order valence-electron chi connectivity index (χ3n) is 5.07. The molecule has 0 aliphatic carbocycles. The quantitative estimate of drug-likeness (QED) is 0.251. The van der Waals surface area contributed by atoms with Gasteiger partial charge in [-0.2, -0.15) is 0 Å². The molecule has 34 heavy (non-hydrogen) atoms. The Kier molecular flexibility index (Phi) is 9.39. The van der Waals surface area contributed by atoms with Crippen LogP contribution in [-0.2, 0) is 17.6 Å². The second-order valence-electron chi connectivity index (χ2n) is 7.90. The Morgan fingerprint density at radius 1 is 1.03 bits per heavy atom. The summed E-state index contributed by atoms with van der Waals surface area (Å²) in [4.78, 5) is 20.0. The van der Waals surface area contributed by atoms with Gasteiger partial charge in [0.25, 0.3) is 0 Å². The summed E-state index contributed by atoms with van der Waals surface area (Å²) >= 11 is 8.04. The number of hydrogen-bond acceptors (Lipinski definition) is 5. The lowest BCUT2D eigenvalue weighted by molar-refractivity contribution is 0.219. The van der Waals surface area contributed by atoms with Crippen LogP contribution in [0.1, 0.15) is 17.5 Å². The Hall–Kier alpha value is -2.09. The lowest BCUT2D eigenvalue weighted by atomic mass is 9.93. The highest BCUT2D eigenvalue weighted by atomic mass is 35.5. The fraction of sp³-hybridized carbons (Fsp3) is 0.200. The molecule has 6 nitrogen and oxygen atoms in total. The maximum atomic E-state index is 11.1. The first-order valence-electron chi connectivity index (χ1n) is 10.5. The van der Waals surface area contributed by atoms with Crippen molar-refractivity contribution < 1.29 is 24.2 Å². The average molecular weight is 520 g/mol. The molecule has 0 aromatic heterocycles. The van der Waals surface area contributed by atoms with Crippen LogP contribution in [0.4, 0.5) is 0 Å². The van der Waals surface area contributed by atoms with Gasteiger partial charge in [0.1, 0.15) is 12.4 Å². The number of aliphatic hydroxyl groups is 1. The third kappa shape index (κ3) is 8.60. The zero-order valence-corrected chi connectivity index (χ0v) is 20.8. The molecule has 0 saturated heterocycles. The van der Waals surface area contributed by atoms with E-state index in [-0.39, 0.29) is 6.42 Å². The first-order valence-corrected chi connectivity index (χ1v) is 13.4. The summed E-state index contributed by atoms with van der Waals surface area (Å²) < 4.78 is 17.0. The van der Waals surface area contributed by atoms with Crippen LogP contribution >= 0.6 is 31.0 Å². The third-order valence-corrected chi connectivity index (χ3v) is 6.94. The monoisotopic (exact) mass is 519 g/mol. The van der Waals surface area contributed by atoms with Crippen molar-refractivity contribution in [3.63, 3.8) is 0 Å². The van der Waals surface area contributed by atoms with Gasteiger partial charge in [-0.1, -0.05) is 71.9 Å². The van der Waals surface area contributed by atoms with Gasteiger partial charge in [0.2, 0.25) is 0 Å². The standard InChI is InChI=1S/C25H27ClNO5PS/c26-24-16-23(10-9-20(24)11-12-25(27,18-28)13-14-33(29,30)31)34-22-8-4-7-21(15-22)32-17-19-5-2-1-3-6-19/h1-10,13-16,28H,11-12,17-18,27H2,(H2,29,30,31)/b14-13+. The molecular weight excluding hydrogens is 493 g/mol. The van der Waals surface area contributed by atoms with E-state index in [9.17, 15) is 9.67 Å². The first kappa shape index (κ1) is 26.5. The molecule has 0 radical (unpaired) electrons. The minimum Gasteiger partial charge on any atom is -0.489 e. The van der Waals surface area contributed by atoms with Crippen LogP contribution in [-0.4, -0.2) is 27.0 Å². The number of nitrogens with two attached hydrogens (primary N) is 1. The molecule has 0 amide bonds. The molecule has 1 atom stereocenters. The van der Waals surface area contributed by atoms with E-state index in [1.807, 2.05) is 72.8 Å². The molecule has 9 heteroatoms. The van der Waals surface area contributed by atoms with Gasteiger partial charge in [0, 0.05) is 20.6 Å². The van der Waals surface area contributed by atoms with Crippen LogP contribution in [0, 0.1) is 0 Å². The number of hydrogen-bond donors (Lipinski definition) is 4. The van der Waals surface area contributed by atoms with Gasteiger partial charge >= 0.3 is 7.60 Å². The van der Waals surface area contributed by atoms with Crippen LogP contribution in [0.15, 0.2) is 94.5 Å². The van der Waals surface area contributed by atoms with Gasteiger partial charge in [-0.3, -0.25) is 4.57 Å². The van der Waals surface area contributed by atoms with Crippen molar-refractivity contribution in [2.45, 2.75) is 34.8 Å². The summed E-state index contributed by atoms with van der Waals surface area (Å²) in [6, 6.07) is 23.5. The molecule has 3 rings (SSSR count). The van der Waals surface area contributed by atoms with Gasteiger partial charge in [-0.25, -0.2) is 0 Å². The molecule has 3 aromatic rings. The Bertz CT molecular complexity index is 1170. The van der Waals surface area contributed by atoms with Crippen LogP contribution in [0.25, 0.3) is 0 Å². The summed E-state index contributed by atoms with van der Waals surface area (Å²) in [7, 11) is -4.35. The predicted molar refractivity (Wildman–Crippen MR) is 136 cm³/mol. The predicted octanol–water partition coefficient (Wildman–Crippen LogP) is 5.38. The number of aryl methyl sites for hydroxylation is 1. The van der Waals surface area contributed by atoms with Crippen LogP contribution in [0.3, 0.4) is 0 Å². The zero-order chi connectivity index (χ0) is 24.6. The molecule has 180 valence electrons. The average Bonchev–Trinajstić information content (AvgIpc) is 2.81. The number of halogens is 1. The highest BCUT2D eigenvalue weighted by Gasteiger charge is 2.23. The Morgan fingerprint density at radius 3 is 2.44 bits per heavy atom. The second-order valence-corrected chi connectivity index (χ2v) is 10.9. The topological polar surface area (TPSA) is 113 Å². The van der Waals surface area contributed by atoms with Gasteiger partial charge in [-0.05, 0) is 54.3 Å². The molecule has 0 bridgehead atoms. The van der Waals surface area contributed by atoms with E-state index in [0.29, 0.717) is 18.1 Å². The van der Waals surface area contributed by atoms with E-state index >= 15 is 0 Å². The molecule has 0 spiro atoms. The SMILES string of the molecule is NC(/C=C/P(=O)(O)O)(CO)CCc1ccc(Sc2cccc(OCc3ccccc3)c2)cc1Cl. The Balaban J connectivity index is 1.62. The smallest absolute Gasteiger partial charge is 0.348 e. The molecule has 0 heterocycles. The van der Waals surface area contributed by atoms with Gasteiger partial charge in [0.15, 0.2) is 0 Å². The molecular formula is C25H27ClNO5PS. The minimum absolute atomic E-state index is 0.271. The molecule has 0 aliphatic heterocycles. The van der Waals surface area contributed by atoms with E-state index in [0.717, 1.165) is 32.5 Å². The van der Waals surface area contributed by atoms with Crippen LogP contribution in [0.5, 0.6) is 5.75 Å². The van der Waals surface area contributed by atoms with E-state index in [1.165, 1.54) is 6.08 Å². The van der Waals surface area contributed by atoms with Crippen LogP contribution in [0.2, 0.25) is 5.02 Å². The molecule has 3 aromatic carbocycles. The molecule has 0 fully saturated rings. The lowest BCUT2D eigenvalue weighted by Gasteiger charge is -2.23. The molecule has 1 unspecified atom stereocenters. The van der Waals surface area contributed by atoms with Crippen molar-refractivity contribution in [3.05, 3.63) is 101 Å². The van der Waals surface area contributed by atoms with E-state index in [4.69, 9.17) is 31.9 Å². The lowest BCUT2D eigenvalue weighted by Crippen LogP contribution is -2.42. The van der Waals surface area contributed by atoms with Crippen molar-refractivity contribution in [2.75, 3.05) is 6.61 Å². The Labute approximate surface area is 208 Å². The van der Waals surface area contributed by atoms with Crippen molar-refractivity contribution >= 4 is 31.0 Å². The van der Waals surface area contributed by atoms with E-state index < -0.39 is 19.7 Å². The zero-order valence-electron chi connectivity index (χ0n) is 18.4. The molecule has 0 saturated carbocycles. The fourth-order valence-corrected chi connectivity index (χ4v) is 4.86. The van der Waals surface area contributed by atoms with Gasteiger partial charge < -0.3 is 25.4 Å². The maximum Gasteiger partial charge on any atom is 0.348 e. The van der Waals surface area contributed by atoms with Gasteiger partial charge in [-0.15, -0.1) is 0 Å². The number of rotatable bonds is 11. The summed E-state index contributed by atoms with van der Waals surface area (Å²) in [6.45, 7) is 0.0487. The van der Waals surface area contributed by atoms with E-state index in [2.05, 4.69) is 0 Å². The summed E-state index contributed by atoms with van der Waals surface area (Å²) in [5, 5.41) is 10.1. The maximum absolute atomic E-state index is 11.1. The normalized spacial score (nSPS) is 13.7. The summed E-state index contributed by atoms with van der Waals surface area (Å²) in [6.07, 6.45) is 1.88. The Morgan fingerprint density at radius 2 is 1.76 bits per heavy atom. The van der Waals surface area contributed by atoms with Crippen molar-refractivity contribution in [2.24, 2.45) is 5.73 Å². The highest BCUT2D eigenvalue weighted by molar-refractivity contribution is 7.99. The van der Waals surface area contributed by atoms with Crippen LogP contribution < -0.4 is 10.5 Å². The van der Waals surface area contributed by atoms with E-state index in [1.54, 1.807) is 11.8 Å². The van der Waals surface area contributed by atoms with Crippen molar-refractivity contribution in [3.8, 4) is 5.75 Å². The van der Waals surface area contributed by atoms with Gasteiger partial charge in [0.05, 0.1) is 12.1 Å². The fourth-order valence-electron chi connectivity index (χ4n) is 3.13. The first-order chi connectivity index (χ1) is 16.2. The summed E-state index contributed by atoms with van der Waals surface area (Å²) in [5.74, 6) is 1.51. The highest BCUT2D eigenvalue weighted by Crippen LogP contribution is 2.37. The molecule has 0 aliphatic rings. The number of aliphatic hydroxyl groups excluding tert-OH is 1. The van der Waals surface area contributed by atoms with Crippen molar-refractivity contribution in [1.29, 1.82) is 0 Å². The second kappa shape index (κ2) is 12.0. The minimum atomic E-state index is -4.35. The molecule has 5 N–H and O–H groups in total. The number of ether oxygens (including phenoxy) is 1. The summed E-state index contributed by atoms with van der Waals surface area (Å²) in [5.41, 5.74) is 6.75.